The molecule has 5 rings (SSSR count). The van der Waals surface area contributed by atoms with E-state index in [1.807, 2.05) is 0 Å². The van der Waals surface area contributed by atoms with E-state index < -0.39 is 0 Å². The smallest absolute Gasteiger partial charge is 0.136 e. The summed E-state index contributed by atoms with van der Waals surface area (Å²) >= 11 is 0. The van der Waals surface area contributed by atoms with Crippen molar-refractivity contribution in [3.8, 4) is 0 Å². The number of carbonyl (C=O) groups excluding carboxylic acids is 1. The van der Waals surface area contributed by atoms with Gasteiger partial charge in [0.1, 0.15) is 11.6 Å². The molecule has 1 aromatic rings. The number of carbonyl (C=O) groups is 1. The van der Waals surface area contributed by atoms with Gasteiger partial charge in [0.25, 0.3) is 0 Å². The van der Waals surface area contributed by atoms with Crippen LogP contribution in [0.4, 0.5) is 4.39 Å². The summed E-state index contributed by atoms with van der Waals surface area (Å²) in [4.78, 5) is 13.3. The van der Waals surface area contributed by atoms with Crippen molar-refractivity contribution in [1.29, 1.82) is 0 Å². The Morgan fingerprint density at radius 2 is 1.84 bits per heavy atom. The number of ketones is 1. The minimum absolute atomic E-state index is 0.136. The standard InChI is InChI=1S/C28H37FO2/c1-27-15-13-21(30)17-19(27)6-9-22-23-10-11-25(28(23,2)16-14-24(22)27)26(31)12-5-18-3-7-20(29)8-4-18/h3-4,6-8,21-25,30H,5,9-17H2,1-2H3/t21-,22-,23-,24-,25+,27-,28-/m0/s1. The summed E-state index contributed by atoms with van der Waals surface area (Å²) in [5.74, 6) is 2.44. The lowest BCUT2D eigenvalue weighted by atomic mass is 9.47. The Hall–Kier alpha value is -1.48. The van der Waals surface area contributed by atoms with Crippen LogP contribution in [0, 0.1) is 40.3 Å². The summed E-state index contributed by atoms with van der Waals surface area (Å²) in [6.45, 7) is 4.87. The van der Waals surface area contributed by atoms with E-state index in [-0.39, 0.29) is 28.7 Å². The molecule has 0 aliphatic heterocycles. The third kappa shape index (κ3) is 3.52. The largest absolute Gasteiger partial charge is 0.393 e. The summed E-state index contributed by atoms with van der Waals surface area (Å²) in [5.41, 5.74) is 2.96. The first kappa shape index (κ1) is 21.4. The Bertz CT molecular complexity index is 874. The molecular formula is C28H37FO2. The molecule has 0 bridgehead atoms. The number of allylic oxidation sites excluding steroid dienone is 1. The van der Waals surface area contributed by atoms with Gasteiger partial charge in [-0.25, -0.2) is 4.39 Å². The van der Waals surface area contributed by atoms with E-state index >= 15 is 0 Å². The lowest BCUT2D eigenvalue weighted by Gasteiger charge is -2.58. The number of aliphatic hydroxyl groups is 1. The monoisotopic (exact) mass is 424 g/mol. The maximum atomic E-state index is 13.3. The van der Waals surface area contributed by atoms with Crippen LogP contribution in [0.3, 0.4) is 0 Å². The molecule has 7 atom stereocenters. The average Bonchev–Trinajstić information content (AvgIpc) is 3.11. The lowest BCUT2D eigenvalue weighted by Crippen LogP contribution is -2.51. The molecule has 0 heterocycles. The van der Waals surface area contributed by atoms with Crippen LogP contribution in [0.1, 0.15) is 77.2 Å². The molecule has 3 fully saturated rings. The summed E-state index contributed by atoms with van der Waals surface area (Å²) in [6.07, 6.45) is 12.3. The van der Waals surface area contributed by atoms with Gasteiger partial charge in [0.05, 0.1) is 6.10 Å². The molecule has 3 heteroatoms. The number of benzene rings is 1. The molecule has 4 aliphatic rings. The van der Waals surface area contributed by atoms with Crippen molar-refractivity contribution >= 4 is 5.78 Å². The van der Waals surface area contributed by atoms with Crippen LogP contribution in [0.5, 0.6) is 0 Å². The zero-order chi connectivity index (χ0) is 21.8. The highest BCUT2D eigenvalue weighted by Crippen LogP contribution is 2.66. The summed E-state index contributed by atoms with van der Waals surface area (Å²) in [5, 5.41) is 10.2. The molecule has 0 aromatic heterocycles. The number of aryl methyl sites for hydroxylation is 1. The molecule has 0 amide bonds. The number of hydrogen-bond acceptors (Lipinski definition) is 2. The zero-order valence-electron chi connectivity index (χ0n) is 19.1. The number of aliphatic hydroxyl groups excluding tert-OH is 1. The second-order valence-electron chi connectivity index (χ2n) is 11.4. The van der Waals surface area contributed by atoms with Gasteiger partial charge in [-0.2, -0.15) is 0 Å². The van der Waals surface area contributed by atoms with Crippen molar-refractivity contribution in [3.63, 3.8) is 0 Å². The summed E-state index contributed by atoms with van der Waals surface area (Å²) < 4.78 is 13.2. The molecule has 3 saturated carbocycles. The molecule has 0 unspecified atom stereocenters. The molecule has 0 spiro atoms. The van der Waals surface area contributed by atoms with Crippen LogP contribution in [-0.4, -0.2) is 17.0 Å². The Morgan fingerprint density at radius 1 is 1.06 bits per heavy atom. The lowest BCUT2D eigenvalue weighted by molar-refractivity contribution is -0.129. The van der Waals surface area contributed by atoms with Crippen LogP contribution >= 0.6 is 0 Å². The molecule has 168 valence electrons. The fourth-order valence-electron chi connectivity index (χ4n) is 8.26. The highest BCUT2D eigenvalue weighted by Gasteiger charge is 2.59. The molecule has 0 saturated heterocycles. The molecule has 31 heavy (non-hydrogen) atoms. The second-order valence-corrected chi connectivity index (χ2v) is 11.4. The van der Waals surface area contributed by atoms with Gasteiger partial charge in [-0.15, -0.1) is 0 Å². The number of hydrogen-bond donors (Lipinski definition) is 1. The van der Waals surface area contributed by atoms with Crippen molar-refractivity contribution in [2.75, 3.05) is 0 Å². The van der Waals surface area contributed by atoms with E-state index in [1.165, 1.54) is 30.5 Å². The quantitative estimate of drug-likeness (QED) is 0.579. The van der Waals surface area contributed by atoms with Crippen molar-refractivity contribution in [3.05, 3.63) is 47.3 Å². The normalized spacial score (nSPS) is 41.7. The average molecular weight is 425 g/mol. The first-order valence-corrected chi connectivity index (χ1v) is 12.5. The van der Waals surface area contributed by atoms with E-state index in [2.05, 4.69) is 19.9 Å². The highest BCUT2D eigenvalue weighted by atomic mass is 19.1. The predicted molar refractivity (Wildman–Crippen MR) is 121 cm³/mol. The summed E-state index contributed by atoms with van der Waals surface area (Å²) in [6, 6.07) is 6.59. The first-order valence-electron chi connectivity index (χ1n) is 12.5. The Morgan fingerprint density at radius 3 is 2.61 bits per heavy atom. The van der Waals surface area contributed by atoms with Gasteiger partial charge in [-0.1, -0.05) is 37.6 Å². The molecule has 0 radical (unpaired) electrons. The molecule has 2 nitrogen and oxygen atoms in total. The van der Waals surface area contributed by atoms with Gasteiger partial charge in [0, 0.05) is 12.3 Å². The van der Waals surface area contributed by atoms with Gasteiger partial charge in [-0.05, 0) is 104 Å². The Kier molecular flexibility index (Phi) is 5.40. The minimum Gasteiger partial charge on any atom is -0.393 e. The third-order valence-electron chi connectivity index (χ3n) is 10.0. The van der Waals surface area contributed by atoms with Gasteiger partial charge < -0.3 is 5.11 Å². The number of Topliss-reactive ketones (excluding diaryl/α,β-unsaturated/α-hetero) is 1. The molecular weight excluding hydrogens is 387 g/mol. The number of halogens is 1. The van der Waals surface area contributed by atoms with E-state index in [9.17, 15) is 14.3 Å². The Balaban J connectivity index is 1.30. The fourth-order valence-corrected chi connectivity index (χ4v) is 8.26. The maximum absolute atomic E-state index is 13.3. The zero-order valence-corrected chi connectivity index (χ0v) is 19.1. The molecule has 1 aromatic carbocycles. The SMILES string of the molecule is C[C@]12CC[C@H]3[C@@H](CC=C4C[C@@H](O)CC[C@@]43C)[C@@H]1CC[C@@H]2C(=O)CCc1ccc(F)cc1. The maximum Gasteiger partial charge on any atom is 0.136 e. The van der Waals surface area contributed by atoms with E-state index in [0.29, 0.717) is 30.0 Å². The number of rotatable bonds is 4. The van der Waals surface area contributed by atoms with Crippen molar-refractivity contribution in [1.82, 2.24) is 0 Å². The Labute approximate surface area is 186 Å². The first-order chi connectivity index (χ1) is 14.8. The van der Waals surface area contributed by atoms with Gasteiger partial charge in [0.2, 0.25) is 0 Å². The molecule has 1 N–H and O–H groups in total. The second kappa shape index (κ2) is 7.83. The van der Waals surface area contributed by atoms with Crippen LogP contribution in [0.15, 0.2) is 35.9 Å². The predicted octanol–water partition coefficient (Wildman–Crippen LogP) is 6.27. The van der Waals surface area contributed by atoms with Crippen LogP contribution in [-0.2, 0) is 11.2 Å². The third-order valence-corrected chi connectivity index (χ3v) is 10.0. The van der Waals surface area contributed by atoms with Crippen molar-refractivity contribution < 1.29 is 14.3 Å². The van der Waals surface area contributed by atoms with Crippen LogP contribution < -0.4 is 0 Å². The minimum atomic E-state index is -0.219. The van der Waals surface area contributed by atoms with Crippen LogP contribution in [0.2, 0.25) is 0 Å². The van der Waals surface area contributed by atoms with Crippen molar-refractivity contribution in [2.24, 2.45) is 34.5 Å². The topological polar surface area (TPSA) is 37.3 Å². The number of fused-ring (bicyclic) bond motifs is 5. The highest BCUT2D eigenvalue weighted by molar-refractivity contribution is 5.82. The fraction of sp³-hybridized carbons (Fsp3) is 0.679. The van der Waals surface area contributed by atoms with Gasteiger partial charge >= 0.3 is 0 Å². The van der Waals surface area contributed by atoms with E-state index in [4.69, 9.17) is 0 Å². The molecule has 4 aliphatic carbocycles. The van der Waals surface area contributed by atoms with E-state index in [1.54, 1.807) is 12.1 Å². The van der Waals surface area contributed by atoms with E-state index in [0.717, 1.165) is 50.5 Å². The van der Waals surface area contributed by atoms with Gasteiger partial charge in [0.15, 0.2) is 0 Å². The van der Waals surface area contributed by atoms with Crippen LogP contribution in [0.25, 0.3) is 0 Å². The summed E-state index contributed by atoms with van der Waals surface area (Å²) in [7, 11) is 0. The van der Waals surface area contributed by atoms with Crippen molar-refractivity contribution in [2.45, 2.75) is 84.2 Å². The van der Waals surface area contributed by atoms with Gasteiger partial charge in [-0.3, -0.25) is 4.79 Å².